The topological polar surface area (TPSA) is 23.5 Å². The minimum atomic E-state index is 0.379. The van der Waals surface area contributed by atoms with Crippen molar-refractivity contribution in [2.24, 2.45) is 0 Å². The summed E-state index contributed by atoms with van der Waals surface area (Å²) in [5, 5.41) is 9.83. The first-order valence-electron chi connectivity index (χ1n) is 8.40. The van der Waals surface area contributed by atoms with Crippen LogP contribution in [-0.2, 0) is 0 Å². The van der Waals surface area contributed by atoms with E-state index in [0.29, 0.717) is 17.7 Å². The Morgan fingerprint density at radius 1 is 1.00 bits per heavy atom. The fourth-order valence-corrected chi connectivity index (χ4v) is 3.86. The summed E-state index contributed by atoms with van der Waals surface area (Å²) in [5.41, 5.74) is 2.58. The summed E-state index contributed by atoms with van der Waals surface area (Å²) >= 11 is 0. The first kappa shape index (κ1) is 15.0. The minimum Gasteiger partial charge on any atom is -0.508 e. The van der Waals surface area contributed by atoms with Gasteiger partial charge < -0.3 is 10.0 Å². The second kappa shape index (κ2) is 6.87. The molecule has 2 aromatic rings. The summed E-state index contributed by atoms with van der Waals surface area (Å²) in [7, 11) is 0. The first-order valence-corrected chi connectivity index (χ1v) is 8.40. The Labute approximate surface area is 133 Å². The largest absolute Gasteiger partial charge is 0.508 e. The molecule has 3 rings (SSSR count). The van der Waals surface area contributed by atoms with Gasteiger partial charge >= 0.3 is 0 Å². The highest BCUT2D eigenvalue weighted by atomic mass is 16.3. The number of benzene rings is 2. The Bertz CT molecular complexity index is 596. The van der Waals surface area contributed by atoms with Crippen molar-refractivity contribution in [1.82, 2.24) is 0 Å². The van der Waals surface area contributed by atoms with Gasteiger partial charge in [0.2, 0.25) is 0 Å². The molecule has 2 aromatic carbocycles. The fraction of sp³-hybridized carbons (Fsp3) is 0.400. The zero-order valence-corrected chi connectivity index (χ0v) is 13.3. The highest BCUT2D eigenvalue weighted by Gasteiger charge is 2.30. The molecule has 1 aliphatic rings. The van der Waals surface area contributed by atoms with Gasteiger partial charge in [-0.25, -0.2) is 0 Å². The average Bonchev–Trinajstić information content (AvgIpc) is 2.57. The summed E-state index contributed by atoms with van der Waals surface area (Å²) in [6.07, 6.45) is 5.01. The Morgan fingerprint density at radius 2 is 1.77 bits per heavy atom. The summed E-state index contributed by atoms with van der Waals surface area (Å²) in [6, 6.07) is 19.1. The van der Waals surface area contributed by atoms with Crippen molar-refractivity contribution < 1.29 is 5.11 Å². The van der Waals surface area contributed by atoms with Crippen molar-refractivity contribution in [3.05, 3.63) is 60.2 Å². The van der Waals surface area contributed by atoms with Gasteiger partial charge in [-0.15, -0.1) is 0 Å². The molecular formula is C20H25NO. The summed E-state index contributed by atoms with van der Waals surface area (Å²) < 4.78 is 0. The monoisotopic (exact) mass is 295 g/mol. The van der Waals surface area contributed by atoms with Crippen molar-refractivity contribution in [3.63, 3.8) is 0 Å². The molecule has 22 heavy (non-hydrogen) atoms. The Balaban J connectivity index is 1.91. The Morgan fingerprint density at radius 3 is 2.50 bits per heavy atom. The van der Waals surface area contributed by atoms with E-state index >= 15 is 0 Å². The first-order chi connectivity index (χ1) is 10.8. The van der Waals surface area contributed by atoms with Gasteiger partial charge in [0.05, 0.1) is 0 Å². The van der Waals surface area contributed by atoms with Crippen LogP contribution < -0.4 is 4.90 Å². The minimum absolute atomic E-state index is 0.379. The van der Waals surface area contributed by atoms with Crippen LogP contribution >= 0.6 is 0 Å². The number of nitrogens with zero attached hydrogens (tertiary/aromatic N) is 1. The van der Waals surface area contributed by atoms with Gasteiger partial charge in [-0.3, -0.25) is 0 Å². The van der Waals surface area contributed by atoms with Crippen LogP contribution in [0.2, 0.25) is 0 Å². The predicted molar refractivity (Wildman–Crippen MR) is 92.6 cm³/mol. The van der Waals surface area contributed by atoms with Gasteiger partial charge in [0.15, 0.2) is 0 Å². The maximum atomic E-state index is 9.83. The number of hydrogen-bond donors (Lipinski definition) is 1. The van der Waals surface area contributed by atoms with Crippen LogP contribution in [0.3, 0.4) is 0 Å². The number of para-hydroxylation sites is 1. The lowest BCUT2D eigenvalue weighted by molar-refractivity contribution is 0.365. The lowest BCUT2D eigenvalue weighted by Crippen LogP contribution is -2.41. The predicted octanol–water partition coefficient (Wildman–Crippen LogP) is 4.94. The van der Waals surface area contributed by atoms with Crippen molar-refractivity contribution in [2.75, 3.05) is 11.4 Å². The van der Waals surface area contributed by atoms with E-state index in [-0.39, 0.29) is 0 Å². The molecule has 0 radical (unpaired) electrons. The SMILES string of the molecule is CCN(c1ccccc1)C1CCCCC1c1cccc(O)c1. The van der Waals surface area contributed by atoms with E-state index < -0.39 is 0 Å². The van der Waals surface area contributed by atoms with Crippen LogP contribution in [0.4, 0.5) is 5.69 Å². The third-order valence-electron chi connectivity index (χ3n) is 4.86. The number of hydrogen-bond acceptors (Lipinski definition) is 2. The van der Waals surface area contributed by atoms with Crippen molar-refractivity contribution >= 4 is 5.69 Å². The fourth-order valence-electron chi connectivity index (χ4n) is 3.86. The normalized spacial score (nSPS) is 21.5. The molecule has 2 atom stereocenters. The van der Waals surface area contributed by atoms with Crippen LogP contribution in [-0.4, -0.2) is 17.7 Å². The molecule has 2 unspecified atom stereocenters. The van der Waals surface area contributed by atoms with Gasteiger partial charge in [-0.05, 0) is 49.6 Å². The van der Waals surface area contributed by atoms with Crippen LogP contribution in [0, 0.1) is 0 Å². The van der Waals surface area contributed by atoms with Crippen molar-refractivity contribution in [2.45, 2.75) is 44.6 Å². The summed E-state index contributed by atoms with van der Waals surface area (Å²) in [6.45, 7) is 3.26. The Kier molecular flexibility index (Phi) is 4.67. The van der Waals surface area contributed by atoms with E-state index in [9.17, 15) is 5.11 Å². The number of likely N-dealkylation sites (N-methyl/N-ethyl adjacent to an activating group) is 1. The molecule has 1 fully saturated rings. The number of aromatic hydroxyl groups is 1. The second-order valence-corrected chi connectivity index (χ2v) is 6.17. The highest BCUT2D eigenvalue weighted by Crippen LogP contribution is 2.38. The van der Waals surface area contributed by atoms with Crippen molar-refractivity contribution in [1.29, 1.82) is 0 Å². The molecule has 0 saturated heterocycles. The lowest BCUT2D eigenvalue weighted by atomic mass is 9.79. The quantitative estimate of drug-likeness (QED) is 0.863. The van der Waals surface area contributed by atoms with E-state index in [1.165, 1.54) is 36.9 Å². The molecule has 0 aromatic heterocycles. The van der Waals surface area contributed by atoms with Crippen LogP contribution in [0.25, 0.3) is 0 Å². The molecular weight excluding hydrogens is 270 g/mol. The third kappa shape index (κ3) is 3.11. The zero-order chi connectivity index (χ0) is 15.4. The smallest absolute Gasteiger partial charge is 0.115 e. The molecule has 1 aliphatic carbocycles. The summed E-state index contributed by atoms with van der Waals surface area (Å²) in [5.74, 6) is 0.880. The van der Waals surface area contributed by atoms with Gasteiger partial charge in [0.1, 0.15) is 5.75 Å². The number of phenols is 1. The average molecular weight is 295 g/mol. The maximum absolute atomic E-state index is 9.83. The molecule has 0 aliphatic heterocycles. The maximum Gasteiger partial charge on any atom is 0.115 e. The molecule has 0 amide bonds. The standard InChI is InChI=1S/C20H25NO/c1-2-21(17-10-4-3-5-11-17)20-14-7-6-13-19(20)16-9-8-12-18(22)15-16/h3-5,8-12,15,19-20,22H,2,6-7,13-14H2,1H3. The second-order valence-electron chi connectivity index (χ2n) is 6.17. The van der Waals surface area contributed by atoms with Crippen LogP contribution in [0.5, 0.6) is 5.75 Å². The lowest BCUT2D eigenvalue weighted by Gasteiger charge is -2.41. The number of phenolic OH excluding ortho intramolecular Hbond substituents is 1. The van der Waals surface area contributed by atoms with E-state index in [0.717, 1.165) is 6.54 Å². The Hall–Kier alpha value is -1.96. The van der Waals surface area contributed by atoms with Gasteiger partial charge in [-0.2, -0.15) is 0 Å². The number of rotatable bonds is 4. The third-order valence-corrected chi connectivity index (χ3v) is 4.86. The summed E-state index contributed by atoms with van der Waals surface area (Å²) in [4.78, 5) is 2.54. The molecule has 0 heterocycles. The molecule has 2 heteroatoms. The van der Waals surface area contributed by atoms with E-state index in [1.807, 2.05) is 12.1 Å². The number of anilines is 1. The van der Waals surface area contributed by atoms with Gasteiger partial charge in [-0.1, -0.05) is 43.2 Å². The highest BCUT2D eigenvalue weighted by molar-refractivity contribution is 5.48. The van der Waals surface area contributed by atoms with E-state index in [4.69, 9.17) is 0 Å². The van der Waals surface area contributed by atoms with E-state index in [1.54, 1.807) is 6.07 Å². The molecule has 1 N–H and O–H groups in total. The van der Waals surface area contributed by atoms with Crippen molar-refractivity contribution in [3.8, 4) is 5.75 Å². The van der Waals surface area contributed by atoms with E-state index in [2.05, 4.69) is 48.2 Å². The van der Waals surface area contributed by atoms with Crippen LogP contribution in [0.1, 0.15) is 44.1 Å². The molecule has 116 valence electrons. The molecule has 2 nitrogen and oxygen atoms in total. The van der Waals surface area contributed by atoms with Gasteiger partial charge in [0, 0.05) is 24.2 Å². The molecule has 0 bridgehead atoms. The molecule has 0 spiro atoms. The zero-order valence-electron chi connectivity index (χ0n) is 13.3. The molecule has 1 saturated carbocycles. The van der Waals surface area contributed by atoms with Gasteiger partial charge in [0.25, 0.3) is 0 Å². The van der Waals surface area contributed by atoms with Crippen LogP contribution in [0.15, 0.2) is 54.6 Å².